The highest BCUT2D eigenvalue weighted by Gasteiger charge is 2.61. The van der Waals surface area contributed by atoms with Crippen LogP contribution in [0.15, 0.2) is 146 Å². The fraction of sp³-hybridized carbons (Fsp3) is 0.0541. The molecular formula is C37H30BN4+. The molecule has 0 fully saturated rings. The van der Waals surface area contributed by atoms with E-state index in [2.05, 4.69) is 179 Å². The molecule has 0 saturated carbocycles. The Balaban J connectivity index is 1.47. The Bertz CT molecular complexity index is 1880. The Morgan fingerprint density at radius 2 is 1.00 bits per heavy atom. The first-order chi connectivity index (χ1) is 20.7. The summed E-state index contributed by atoms with van der Waals surface area (Å²) in [7, 11) is 2.01. The molecule has 2 aliphatic rings. The van der Waals surface area contributed by atoms with Crippen molar-refractivity contribution in [2.75, 3.05) is 14.4 Å². The first kappa shape index (κ1) is 24.5. The average Bonchev–Trinajstić information content (AvgIpc) is 3.55. The third-order valence-corrected chi connectivity index (χ3v) is 8.53. The van der Waals surface area contributed by atoms with E-state index < -0.39 is 0 Å². The van der Waals surface area contributed by atoms with E-state index >= 15 is 0 Å². The zero-order valence-corrected chi connectivity index (χ0v) is 23.7. The normalized spacial score (nSPS) is 13.3. The minimum atomic E-state index is -0.139. The zero-order chi connectivity index (χ0) is 28.2. The third kappa shape index (κ3) is 3.60. The Hall–Kier alpha value is -5.29. The van der Waals surface area contributed by atoms with Crippen molar-refractivity contribution in [1.82, 2.24) is 0 Å². The summed E-state index contributed by atoms with van der Waals surface area (Å²) in [5, 5.41) is 0. The van der Waals surface area contributed by atoms with Gasteiger partial charge in [0.05, 0.1) is 24.6 Å². The maximum Gasteiger partial charge on any atom is 0.644 e. The van der Waals surface area contributed by atoms with Crippen molar-refractivity contribution in [2.24, 2.45) is 7.05 Å². The van der Waals surface area contributed by atoms with E-state index in [0.717, 1.165) is 0 Å². The standard InChI is InChI=1S/C37H30BN4/c1-27-15-9-10-22-32(27)42-37-35(25-14-26-39(37)2)40-33-23-11-12-24-34(33)41(38(40)42)36-30(28-16-5-3-6-17-28)20-13-21-31(36)29-18-7-4-8-19-29/h3-26H,1-2H3/q+1. The quantitative estimate of drug-likeness (QED) is 0.164. The Morgan fingerprint density at radius 3 is 1.62 bits per heavy atom. The van der Waals surface area contributed by atoms with Crippen LogP contribution < -0.4 is 19.0 Å². The number of hydrogen-bond acceptors (Lipinski definition) is 3. The summed E-state index contributed by atoms with van der Waals surface area (Å²) in [6.07, 6.45) is 2.15. The van der Waals surface area contributed by atoms with Gasteiger partial charge in [0.2, 0.25) is 0 Å². The molecule has 6 aromatic rings. The largest absolute Gasteiger partial charge is 0.644 e. The third-order valence-electron chi connectivity index (χ3n) is 8.53. The first-order valence-electron chi connectivity index (χ1n) is 14.5. The van der Waals surface area contributed by atoms with E-state index in [1.54, 1.807) is 0 Å². The van der Waals surface area contributed by atoms with E-state index in [-0.39, 0.29) is 7.12 Å². The number of pyridine rings is 1. The van der Waals surface area contributed by atoms with Gasteiger partial charge < -0.3 is 9.62 Å². The van der Waals surface area contributed by atoms with Crippen LogP contribution in [0.4, 0.5) is 34.3 Å². The van der Waals surface area contributed by atoms with Crippen molar-refractivity contribution in [3.05, 3.63) is 151 Å². The number of fused-ring (bicyclic) bond motifs is 5. The Morgan fingerprint density at radius 1 is 0.476 bits per heavy atom. The van der Waals surface area contributed by atoms with Gasteiger partial charge in [-0.25, -0.2) is 9.38 Å². The fourth-order valence-corrected chi connectivity index (χ4v) is 6.71. The summed E-state index contributed by atoms with van der Waals surface area (Å²) in [4.78, 5) is 7.58. The molecule has 4 nitrogen and oxygen atoms in total. The Kier molecular flexibility index (Phi) is 5.64. The lowest BCUT2D eigenvalue weighted by molar-refractivity contribution is -0.657. The summed E-state index contributed by atoms with van der Waals surface area (Å²) in [6, 6.07) is 50.2. The molecule has 42 heavy (non-hydrogen) atoms. The van der Waals surface area contributed by atoms with E-state index in [4.69, 9.17) is 0 Å². The number of aryl methyl sites for hydroxylation is 2. The monoisotopic (exact) mass is 541 g/mol. The highest BCUT2D eigenvalue weighted by Crippen LogP contribution is 2.57. The molecule has 3 heterocycles. The van der Waals surface area contributed by atoms with Gasteiger partial charge in [0.1, 0.15) is 11.4 Å². The minimum absolute atomic E-state index is 0.139. The highest BCUT2D eigenvalue weighted by molar-refractivity contribution is 6.80. The Labute approximate surface area is 247 Å². The van der Waals surface area contributed by atoms with Crippen molar-refractivity contribution >= 4 is 41.4 Å². The molecule has 2 aliphatic heterocycles. The van der Waals surface area contributed by atoms with Gasteiger partial charge in [-0.15, -0.1) is 0 Å². The minimum Gasteiger partial charge on any atom is -0.319 e. The molecule has 5 heteroatoms. The van der Waals surface area contributed by atoms with Crippen molar-refractivity contribution < 1.29 is 4.57 Å². The smallest absolute Gasteiger partial charge is 0.319 e. The number of para-hydroxylation sites is 4. The van der Waals surface area contributed by atoms with Gasteiger partial charge in [-0.3, -0.25) is 0 Å². The lowest BCUT2D eigenvalue weighted by Gasteiger charge is -2.30. The molecule has 5 aromatic carbocycles. The molecule has 1 aromatic heterocycles. The summed E-state index contributed by atoms with van der Waals surface area (Å²) in [5.41, 5.74) is 12.0. The highest BCUT2D eigenvalue weighted by atomic mass is 15.5. The molecule has 0 unspecified atom stereocenters. The van der Waals surface area contributed by atoms with Gasteiger partial charge >= 0.3 is 7.12 Å². The maximum absolute atomic E-state index is 2.56. The SMILES string of the molecule is Cc1ccccc1N1B2N(c3ccccc3N2c2c(-c3ccccc3)cccc2-c2ccccc2)c2ccc[n+](C)c21. The predicted molar refractivity (Wildman–Crippen MR) is 175 cm³/mol. The second-order valence-corrected chi connectivity index (χ2v) is 11.0. The van der Waals surface area contributed by atoms with Crippen LogP contribution in [-0.4, -0.2) is 7.12 Å². The van der Waals surface area contributed by atoms with Gasteiger partial charge in [0.15, 0.2) is 0 Å². The molecule has 0 N–H and O–H groups in total. The van der Waals surface area contributed by atoms with Gasteiger partial charge in [0.25, 0.3) is 5.82 Å². The van der Waals surface area contributed by atoms with Crippen LogP contribution in [-0.2, 0) is 7.05 Å². The molecule has 0 bridgehead atoms. The van der Waals surface area contributed by atoms with Gasteiger partial charge in [-0.1, -0.05) is 109 Å². The molecule has 0 aliphatic carbocycles. The van der Waals surface area contributed by atoms with Gasteiger partial charge in [-0.05, 0) is 53.9 Å². The number of rotatable bonds is 4. The van der Waals surface area contributed by atoms with Crippen LogP contribution >= 0.6 is 0 Å². The topological polar surface area (TPSA) is 13.6 Å². The van der Waals surface area contributed by atoms with Gasteiger partial charge in [0, 0.05) is 16.8 Å². The van der Waals surface area contributed by atoms with Crippen LogP contribution in [0.5, 0.6) is 0 Å². The lowest BCUT2D eigenvalue weighted by atomic mass is 9.83. The number of nitrogens with zero attached hydrogens (tertiary/aromatic N) is 4. The predicted octanol–water partition coefficient (Wildman–Crippen LogP) is 8.58. The first-order valence-corrected chi connectivity index (χ1v) is 14.5. The molecule has 0 radical (unpaired) electrons. The van der Waals surface area contributed by atoms with Crippen molar-refractivity contribution in [3.63, 3.8) is 0 Å². The average molecular weight is 541 g/mol. The van der Waals surface area contributed by atoms with Crippen LogP contribution in [0.2, 0.25) is 0 Å². The zero-order valence-electron chi connectivity index (χ0n) is 23.7. The number of benzene rings is 5. The molecule has 0 atom stereocenters. The van der Waals surface area contributed by atoms with Gasteiger partial charge in [-0.2, -0.15) is 0 Å². The number of aromatic nitrogens is 1. The summed E-state index contributed by atoms with van der Waals surface area (Å²) >= 11 is 0. The van der Waals surface area contributed by atoms with Crippen LogP contribution in [0.1, 0.15) is 5.56 Å². The second kappa shape index (κ2) is 9.67. The van der Waals surface area contributed by atoms with Crippen LogP contribution in [0, 0.1) is 6.92 Å². The molecule has 0 saturated heterocycles. The van der Waals surface area contributed by atoms with E-state index in [1.165, 1.54) is 62.1 Å². The van der Waals surface area contributed by atoms with E-state index in [1.807, 2.05) is 0 Å². The van der Waals surface area contributed by atoms with Crippen molar-refractivity contribution in [2.45, 2.75) is 6.92 Å². The van der Waals surface area contributed by atoms with E-state index in [9.17, 15) is 0 Å². The second-order valence-electron chi connectivity index (χ2n) is 11.0. The molecular weight excluding hydrogens is 511 g/mol. The molecule has 0 amide bonds. The summed E-state index contributed by atoms with van der Waals surface area (Å²) < 4.78 is 2.25. The molecule has 200 valence electrons. The van der Waals surface area contributed by atoms with Crippen molar-refractivity contribution in [1.29, 1.82) is 0 Å². The molecule has 0 spiro atoms. The maximum atomic E-state index is 2.56. The van der Waals surface area contributed by atoms with E-state index in [0.29, 0.717) is 0 Å². The summed E-state index contributed by atoms with van der Waals surface area (Å²) in [5.74, 6) is 1.18. The molecule has 8 rings (SSSR count). The fourth-order valence-electron chi connectivity index (χ4n) is 6.71. The number of anilines is 6. The lowest BCUT2D eigenvalue weighted by Crippen LogP contribution is -2.53. The van der Waals surface area contributed by atoms with Crippen LogP contribution in [0.3, 0.4) is 0 Å². The number of hydrogen-bond donors (Lipinski definition) is 0. The van der Waals surface area contributed by atoms with Crippen molar-refractivity contribution in [3.8, 4) is 22.3 Å². The van der Waals surface area contributed by atoms with Crippen LogP contribution in [0.25, 0.3) is 22.3 Å². The summed E-state index contributed by atoms with van der Waals surface area (Å²) in [6.45, 7) is 2.21.